The van der Waals surface area contributed by atoms with Crippen LogP contribution in [-0.2, 0) is 4.74 Å². The second kappa shape index (κ2) is 6.84. The van der Waals surface area contributed by atoms with E-state index in [0.717, 1.165) is 0 Å². The Morgan fingerprint density at radius 2 is 2.24 bits per heavy atom. The van der Waals surface area contributed by atoms with Gasteiger partial charge in [0.2, 0.25) is 5.88 Å². The lowest BCUT2D eigenvalue weighted by molar-refractivity contribution is -0.385. The molecule has 1 heterocycles. The molecule has 116 valence electrons. The molecule has 9 nitrogen and oxygen atoms in total. The van der Waals surface area contributed by atoms with Crippen LogP contribution in [0.2, 0.25) is 0 Å². The van der Waals surface area contributed by atoms with Crippen LogP contribution in [0.15, 0.2) is 17.3 Å². The summed E-state index contributed by atoms with van der Waals surface area (Å²) in [4.78, 5) is 14.1. The summed E-state index contributed by atoms with van der Waals surface area (Å²) in [5.41, 5.74) is 4.42. The molecular formula is C12H18N4O5. The predicted octanol–water partition coefficient (Wildman–Crippen LogP) is 1.28. The Hall–Kier alpha value is -2.42. The lowest BCUT2D eigenvalue weighted by Gasteiger charge is -2.22. The number of oxime groups is 1. The molecule has 0 unspecified atom stereocenters. The fraction of sp³-hybridized carbons (Fsp3) is 0.500. The molecule has 0 spiro atoms. The minimum absolute atomic E-state index is 0.147. The van der Waals surface area contributed by atoms with Gasteiger partial charge >= 0.3 is 0 Å². The smallest absolute Gasteiger partial charge is 0.299 e. The van der Waals surface area contributed by atoms with Crippen molar-refractivity contribution in [3.05, 3.63) is 27.9 Å². The molecule has 0 bridgehead atoms. The molecule has 0 aliphatic carbocycles. The Balaban J connectivity index is 2.89. The Labute approximate surface area is 121 Å². The SMILES string of the molecule is COC(C)(C)CCOc1ccc([N+](=O)[O-])c(/C(N)=N/O)n1. The van der Waals surface area contributed by atoms with E-state index in [1.165, 1.54) is 12.1 Å². The van der Waals surface area contributed by atoms with Crippen LogP contribution in [0.3, 0.4) is 0 Å². The molecule has 1 rings (SSSR count). The summed E-state index contributed by atoms with van der Waals surface area (Å²) < 4.78 is 10.7. The van der Waals surface area contributed by atoms with Crippen molar-refractivity contribution in [2.45, 2.75) is 25.9 Å². The average molecular weight is 298 g/mol. The molecule has 0 aliphatic rings. The van der Waals surface area contributed by atoms with E-state index in [4.69, 9.17) is 20.4 Å². The summed E-state index contributed by atoms with van der Waals surface area (Å²) in [6.07, 6.45) is 0.598. The minimum atomic E-state index is -0.668. The molecule has 3 N–H and O–H groups in total. The molecule has 9 heteroatoms. The van der Waals surface area contributed by atoms with Gasteiger partial charge in [-0.2, -0.15) is 0 Å². The fourth-order valence-corrected chi connectivity index (χ4v) is 1.40. The molecular weight excluding hydrogens is 280 g/mol. The highest BCUT2D eigenvalue weighted by Crippen LogP contribution is 2.21. The fourth-order valence-electron chi connectivity index (χ4n) is 1.40. The van der Waals surface area contributed by atoms with Crippen molar-refractivity contribution >= 4 is 11.5 Å². The molecule has 1 aromatic heterocycles. The predicted molar refractivity (Wildman–Crippen MR) is 74.6 cm³/mol. The van der Waals surface area contributed by atoms with Crippen LogP contribution >= 0.6 is 0 Å². The number of pyridine rings is 1. The van der Waals surface area contributed by atoms with Crippen molar-refractivity contribution < 1.29 is 19.6 Å². The third kappa shape index (κ3) is 4.56. The van der Waals surface area contributed by atoms with Gasteiger partial charge in [-0.1, -0.05) is 5.16 Å². The number of hydrogen-bond acceptors (Lipinski definition) is 7. The zero-order valence-corrected chi connectivity index (χ0v) is 12.1. The highest BCUT2D eigenvalue weighted by Gasteiger charge is 2.21. The standard InChI is InChI=1S/C12H18N4O5/c1-12(2,20-3)6-7-21-9-5-4-8(16(18)19)10(14-9)11(13)15-17/h4-5,17H,6-7H2,1-3H3,(H2,13,15). The molecule has 0 fully saturated rings. The molecule has 0 atom stereocenters. The van der Waals surface area contributed by atoms with Crippen molar-refractivity contribution in [3.8, 4) is 5.88 Å². The number of amidine groups is 1. The average Bonchev–Trinajstić information content (AvgIpc) is 2.45. The van der Waals surface area contributed by atoms with E-state index in [2.05, 4.69) is 10.1 Å². The second-order valence-electron chi connectivity index (χ2n) is 4.82. The van der Waals surface area contributed by atoms with Gasteiger partial charge in [0, 0.05) is 25.7 Å². The van der Waals surface area contributed by atoms with Crippen LogP contribution < -0.4 is 10.5 Å². The zero-order valence-electron chi connectivity index (χ0n) is 12.1. The Morgan fingerprint density at radius 1 is 1.57 bits per heavy atom. The first-order valence-corrected chi connectivity index (χ1v) is 6.12. The maximum Gasteiger partial charge on any atom is 0.299 e. The summed E-state index contributed by atoms with van der Waals surface area (Å²) in [5, 5.41) is 22.2. The number of hydrogen-bond donors (Lipinski definition) is 2. The van der Waals surface area contributed by atoms with E-state index in [9.17, 15) is 10.1 Å². The number of nitrogens with zero attached hydrogens (tertiary/aromatic N) is 3. The van der Waals surface area contributed by atoms with Crippen LogP contribution in [0, 0.1) is 10.1 Å². The van der Waals surface area contributed by atoms with Gasteiger partial charge in [-0.25, -0.2) is 4.98 Å². The first-order valence-electron chi connectivity index (χ1n) is 6.12. The van der Waals surface area contributed by atoms with E-state index >= 15 is 0 Å². The van der Waals surface area contributed by atoms with Crippen LogP contribution in [0.4, 0.5) is 5.69 Å². The summed E-state index contributed by atoms with van der Waals surface area (Å²) in [7, 11) is 1.60. The lowest BCUT2D eigenvalue weighted by Crippen LogP contribution is -2.25. The number of methoxy groups -OCH3 is 1. The van der Waals surface area contributed by atoms with E-state index in [-0.39, 0.29) is 22.9 Å². The summed E-state index contributed by atoms with van der Waals surface area (Å²) >= 11 is 0. The lowest BCUT2D eigenvalue weighted by atomic mass is 10.1. The molecule has 21 heavy (non-hydrogen) atoms. The van der Waals surface area contributed by atoms with Gasteiger partial charge in [0.15, 0.2) is 11.5 Å². The number of nitro groups is 1. The van der Waals surface area contributed by atoms with Gasteiger partial charge in [-0.3, -0.25) is 10.1 Å². The highest BCUT2D eigenvalue weighted by molar-refractivity contribution is 5.98. The molecule has 1 aromatic rings. The van der Waals surface area contributed by atoms with E-state index in [1.807, 2.05) is 13.8 Å². The maximum absolute atomic E-state index is 10.9. The first-order chi connectivity index (χ1) is 9.80. The van der Waals surface area contributed by atoms with Gasteiger partial charge in [0.05, 0.1) is 17.1 Å². The van der Waals surface area contributed by atoms with Crippen LogP contribution in [-0.4, -0.2) is 40.3 Å². The molecule has 0 amide bonds. The van der Waals surface area contributed by atoms with Gasteiger partial charge in [0.1, 0.15) is 0 Å². The number of aromatic nitrogens is 1. The highest BCUT2D eigenvalue weighted by atomic mass is 16.6. The topological polar surface area (TPSA) is 133 Å². The van der Waals surface area contributed by atoms with Crippen molar-refractivity contribution in [3.63, 3.8) is 0 Å². The van der Waals surface area contributed by atoms with Crippen LogP contribution in [0.1, 0.15) is 26.0 Å². The van der Waals surface area contributed by atoms with Gasteiger partial charge in [-0.05, 0) is 13.8 Å². The number of nitrogens with two attached hydrogens (primary N) is 1. The molecule has 0 aliphatic heterocycles. The second-order valence-corrected chi connectivity index (χ2v) is 4.82. The Morgan fingerprint density at radius 3 is 2.76 bits per heavy atom. The third-order valence-corrected chi connectivity index (χ3v) is 2.90. The van der Waals surface area contributed by atoms with Crippen LogP contribution in [0.25, 0.3) is 0 Å². The first kappa shape index (κ1) is 16.6. The molecule has 0 saturated carbocycles. The normalized spacial score (nSPS) is 12.2. The summed E-state index contributed by atoms with van der Waals surface area (Å²) in [6, 6.07) is 2.54. The van der Waals surface area contributed by atoms with E-state index < -0.39 is 10.8 Å². The minimum Gasteiger partial charge on any atom is -0.478 e. The third-order valence-electron chi connectivity index (χ3n) is 2.90. The van der Waals surface area contributed by atoms with Crippen molar-refractivity contribution in [2.75, 3.05) is 13.7 Å². The van der Waals surface area contributed by atoms with Gasteiger partial charge < -0.3 is 20.4 Å². The quantitative estimate of drug-likeness (QED) is 0.254. The number of rotatable bonds is 7. The van der Waals surface area contributed by atoms with E-state index in [0.29, 0.717) is 13.0 Å². The van der Waals surface area contributed by atoms with E-state index in [1.54, 1.807) is 7.11 Å². The summed E-state index contributed by atoms with van der Waals surface area (Å²) in [6.45, 7) is 4.12. The molecule has 0 radical (unpaired) electrons. The summed E-state index contributed by atoms with van der Waals surface area (Å²) in [5.74, 6) is -0.307. The zero-order chi connectivity index (χ0) is 16.0. The van der Waals surface area contributed by atoms with Gasteiger partial charge in [0.25, 0.3) is 5.69 Å². The Kier molecular flexibility index (Phi) is 5.42. The maximum atomic E-state index is 10.9. The Bertz CT molecular complexity index is 544. The monoisotopic (exact) mass is 298 g/mol. The number of ether oxygens (including phenoxy) is 2. The molecule has 0 saturated heterocycles. The van der Waals surface area contributed by atoms with Gasteiger partial charge in [-0.15, -0.1) is 0 Å². The van der Waals surface area contributed by atoms with Crippen molar-refractivity contribution in [2.24, 2.45) is 10.9 Å². The van der Waals surface area contributed by atoms with Crippen molar-refractivity contribution in [1.82, 2.24) is 4.98 Å². The largest absolute Gasteiger partial charge is 0.478 e. The van der Waals surface area contributed by atoms with Crippen molar-refractivity contribution in [1.29, 1.82) is 0 Å². The molecule has 0 aromatic carbocycles. The van der Waals surface area contributed by atoms with Crippen LogP contribution in [0.5, 0.6) is 5.88 Å².